The summed E-state index contributed by atoms with van der Waals surface area (Å²) in [6.45, 7) is 0.673. The van der Waals surface area contributed by atoms with Crippen LogP contribution in [0.2, 0.25) is 0 Å². The van der Waals surface area contributed by atoms with E-state index in [-0.39, 0.29) is 24.8 Å². The molecule has 0 bridgehead atoms. The van der Waals surface area contributed by atoms with Crippen LogP contribution in [-0.2, 0) is 9.59 Å². The Morgan fingerprint density at radius 2 is 2.15 bits per heavy atom. The van der Waals surface area contributed by atoms with Gasteiger partial charge in [0.1, 0.15) is 0 Å². The summed E-state index contributed by atoms with van der Waals surface area (Å²) in [5.41, 5.74) is 6.87. The van der Waals surface area contributed by atoms with E-state index in [4.69, 9.17) is 10.8 Å². The van der Waals surface area contributed by atoms with E-state index in [1.807, 2.05) is 12.1 Å². The molecule has 1 aromatic rings. The lowest BCUT2D eigenvalue weighted by atomic mass is 10.0. The van der Waals surface area contributed by atoms with Crippen molar-refractivity contribution in [3.63, 3.8) is 0 Å². The number of rotatable bonds is 5. The monoisotopic (exact) mass is 277 g/mol. The van der Waals surface area contributed by atoms with E-state index in [1.54, 1.807) is 17.3 Å². The van der Waals surface area contributed by atoms with Gasteiger partial charge in [-0.1, -0.05) is 0 Å². The molecule has 0 aromatic carbocycles. The van der Waals surface area contributed by atoms with Crippen LogP contribution in [0, 0.1) is 0 Å². The van der Waals surface area contributed by atoms with Crippen molar-refractivity contribution in [3.8, 4) is 0 Å². The number of aliphatic carboxylic acids is 1. The zero-order valence-corrected chi connectivity index (χ0v) is 11.2. The number of amides is 1. The third-order valence-electron chi connectivity index (χ3n) is 3.61. The van der Waals surface area contributed by atoms with Crippen LogP contribution in [0.1, 0.15) is 37.3 Å². The van der Waals surface area contributed by atoms with Crippen LogP contribution in [-0.4, -0.2) is 39.5 Å². The Morgan fingerprint density at radius 1 is 1.45 bits per heavy atom. The average Bonchev–Trinajstić information content (AvgIpc) is 2.94. The van der Waals surface area contributed by atoms with Gasteiger partial charge < -0.3 is 15.7 Å². The number of carboxylic acids is 1. The molecular formula is C14H19N3O3. The van der Waals surface area contributed by atoms with Gasteiger partial charge in [-0.2, -0.15) is 0 Å². The maximum atomic E-state index is 12.3. The predicted molar refractivity (Wildman–Crippen MR) is 72.8 cm³/mol. The fourth-order valence-electron chi connectivity index (χ4n) is 2.58. The Labute approximate surface area is 117 Å². The van der Waals surface area contributed by atoms with Crippen LogP contribution >= 0.6 is 0 Å². The van der Waals surface area contributed by atoms with E-state index in [9.17, 15) is 9.59 Å². The van der Waals surface area contributed by atoms with Crippen LogP contribution in [0.4, 0.5) is 0 Å². The van der Waals surface area contributed by atoms with Crippen molar-refractivity contribution < 1.29 is 14.7 Å². The lowest BCUT2D eigenvalue weighted by Gasteiger charge is -2.27. The van der Waals surface area contributed by atoms with Crippen LogP contribution < -0.4 is 5.73 Å². The molecule has 0 spiro atoms. The number of pyridine rings is 1. The summed E-state index contributed by atoms with van der Waals surface area (Å²) < 4.78 is 0. The molecule has 0 saturated carbocycles. The number of aromatic nitrogens is 1. The van der Waals surface area contributed by atoms with Gasteiger partial charge in [-0.15, -0.1) is 0 Å². The fraction of sp³-hybridized carbons (Fsp3) is 0.500. The summed E-state index contributed by atoms with van der Waals surface area (Å²) in [5, 5.41) is 8.65. The van der Waals surface area contributed by atoms with Crippen LogP contribution in [0.5, 0.6) is 0 Å². The summed E-state index contributed by atoms with van der Waals surface area (Å²) >= 11 is 0. The maximum absolute atomic E-state index is 12.3. The van der Waals surface area contributed by atoms with Crippen molar-refractivity contribution in [2.45, 2.75) is 37.8 Å². The quantitative estimate of drug-likeness (QED) is 0.834. The first-order valence-corrected chi connectivity index (χ1v) is 6.77. The molecule has 2 rings (SSSR count). The van der Waals surface area contributed by atoms with E-state index in [0.29, 0.717) is 6.54 Å². The molecule has 3 N–H and O–H groups in total. The minimum Gasteiger partial charge on any atom is -0.481 e. The molecule has 1 aromatic heterocycles. The summed E-state index contributed by atoms with van der Waals surface area (Å²) in [5.74, 6) is -1.09. The number of nitrogens with zero attached hydrogens (tertiary/aromatic N) is 2. The van der Waals surface area contributed by atoms with Crippen LogP contribution in [0.15, 0.2) is 24.5 Å². The van der Waals surface area contributed by atoms with Crippen molar-refractivity contribution in [2.24, 2.45) is 5.73 Å². The minimum absolute atomic E-state index is 0.0291. The molecule has 2 heterocycles. The summed E-state index contributed by atoms with van der Waals surface area (Å²) in [7, 11) is 0. The number of carbonyl (C=O) groups excluding carboxylic acids is 1. The van der Waals surface area contributed by atoms with Crippen molar-refractivity contribution in [1.29, 1.82) is 0 Å². The van der Waals surface area contributed by atoms with Crippen LogP contribution in [0.25, 0.3) is 0 Å². The van der Waals surface area contributed by atoms with Gasteiger partial charge in [0.2, 0.25) is 5.91 Å². The van der Waals surface area contributed by atoms with E-state index in [1.165, 1.54) is 0 Å². The van der Waals surface area contributed by atoms with Gasteiger partial charge in [-0.3, -0.25) is 14.6 Å². The zero-order valence-electron chi connectivity index (χ0n) is 11.2. The van der Waals surface area contributed by atoms with E-state index in [0.717, 1.165) is 18.4 Å². The Kier molecular flexibility index (Phi) is 4.68. The summed E-state index contributed by atoms with van der Waals surface area (Å²) in [4.78, 5) is 28.6. The predicted octanol–water partition coefficient (Wildman–Crippen LogP) is 0.937. The second-order valence-corrected chi connectivity index (χ2v) is 5.01. The molecule has 20 heavy (non-hydrogen) atoms. The molecule has 0 radical (unpaired) electrons. The molecule has 6 nitrogen and oxygen atoms in total. The number of carbonyl (C=O) groups is 2. The molecule has 1 aliphatic heterocycles. The molecule has 0 aliphatic carbocycles. The second-order valence-electron chi connectivity index (χ2n) is 5.01. The maximum Gasteiger partial charge on any atom is 0.303 e. The highest BCUT2D eigenvalue weighted by atomic mass is 16.4. The molecule has 1 aliphatic rings. The molecule has 2 unspecified atom stereocenters. The number of hydrogen-bond donors (Lipinski definition) is 2. The summed E-state index contributed by atoms with van der Waals surface area (Å²) in [6.07, 6.45) is 5.35. The van der Waals surface area contributed by atoms with Gasteiger partial charge in [-0.05, 0) is 37.0 Å². The third-order valence-corrected chi connectivity index (χ3v) is 3.61. The second kappa shape index (κ2) is 6.47. The Bertz CT molecular complexity index is 478. The largest absolute Gasteiger partial charge is 0.481 e. The smallest absolute Gasteiger partial charge is 0.303 e. The van der Waals surface area contributed by atoms with Gasteiger partial charge in [0.05, 0.1) is 12.1 Å². The molecule has 1 fully saturated rings. The molecule has 2 atom stereocenters. The highest BCUT2D eigenvalue weighted by Crippen LogP contribution is 2.32. The molecule has 108 valence electrons. The van der Waals surface area contributed by atoms with E-state index < -0.39 is 12.0 Å². The first kappa shape index (κ1) is 14.5. The van der Waals surface area contributed by atoms with Gasteiger partial charge in [0.25, 0.3) is 0 Å². The van der Waals surface area contributed by atoms with Gasteiger partial charge in [0, 0.05) is 25.4 Å². The van der Waals surface area contributed by atoms with Crippen molar-refractivity contribution in [1.82, 2.24) is 9.88 Å². The number of carboxylic acid groups (broad SMARTS) is 1. The molecular weight excluding hydrogens is 258 g/mol. The Hall–Kier alpha value is -1.95. The van der Waals surface area contributed by atoms with Gasteiger partial charge in [-0.25, -0.2) is 0 Å². The summed E-state index contributed by atoms with van der Waals surface area (Å²) in [6, 6.07) is 3.09. The fourth-order valence-corrected chi connectivity index (χ4v) is 2.58. The van der Waals surface area contributed by atoms with Crippen molar-refractivity contribution >= 4 is 11.9 Å². The number of hydrogen-bond acceptors (Lipinski definition) is 4. The first-order chi connectivity index (χ1) is 9.59. The molecule has 6 heteroatoms. The zero-order chi connectivity index (χ0) is 14.5. The highest BCUT2D eigenvalue weighted by Gasteiger charge is 2.32. The average molecular weight is 277 g/mol. The lowest BCUT2D eigenvalue weighted by Crippen LogP contribution is -2.43. The normalized spacial score (nSPS) is 19.9. The SMILES string of the molecule is NC(CCC(=O)O)C(=O)N1CCCC1c1ccncc1. The topological polar surface area (TPSA) is 96.5 Å². The Morgan fingerprint density at radius 3 is 2.80 bits per heavy atom. The minimum atomic E-state index is -0.930. The highest BCUT2D eigenvalue weighted by molar-refractivity contribution is 5.83. The van der Waals surface area contributed by atoms with E-state index >= 15 is 0 Å². The molecule has 1 saturated heterocycles. The van der Waals surface area contributed by atoms with Crippen molar-refractivity contribution in [2.75, 3.05) is 6.54 Å². The molecule has 1 amide bonds. The van der Waals surface area contributed by atoms with Crippen LogP contribution in [0.3, 0.4) is 0 Å². The van der Waals surface area contributed by atoms with E-state index in [2.05, 4.69) is 4.98 Å². The first-order valence-electron chi connectivity index (χ1n) is 6.77. The number of likely N-dealkylation sites (tertiary alicyclic amines) is 1. The Balaban J connectivity index is 2.03. The lowest BCUT2D eigenvalue weighted by molar-refractivity contribution is -0.137. The standard InChI is InChI=1S/C14H19N3O3/c15-11(3-4-13(18)19)14(20)17-9-1-2-12(17)10-5-7-16-8-6-10/h5-8,11-12H,1-4,9,15H2,(H,18,19). The van der Waals surface area contributed by atoms with Gasteiger partial charge >= 0.3 is 5.97 Å². The number of nitrogens with two attached hydrogens (primary N) is 1. The van der Waals surface area contributed by atoms with Crippen molar-refractivity contribution in [3.05, 3.63) is 30.1 Å². The van der Waals surface area contributed by atoms with Gasteiger partial charge in [0.15, 0.2) is 0 Å². The third kappa shape index (κ3) is 3.33.